The molecule has 2 aromatic carbocycles. The molecule has 9 heteroatoms. The maximum Gasteiger partial charge on any atom is 0.296 e. The van der Waals surface area contributed by atoms with E-state index in [1.165, 1.54) is 17.7 Å². The van der Waals surface area contributed by atoms with Gasteiger partial charge in [-0.15, -0.1) is 0 Å². The number of rotatable bonds is 6. The Labute approximate surface area is 181 Å². The van der Waals surface area contributed by atoms with Crippen LogP contribution >= 0.6 is 0 Å². The molecule has 0 fully saturated rings. The molecular weight excluding hydrogens is 416 g/mol. The maximum absolute atomic E-state index is 13.3. The van der Waals surface area contributed by atoms with Gasteiger partial charge < -0.3 is 5.32 Å². The number of hydrogen-bond acceptors (Lipinski definition) is 4. The molecule has 1 aromatic heterocycles. The second-order valence-corrected chi connectivity index (χ2v) is 9.31. The number of sulfonamides is 1. The lowest BCUT2D eigenvalue weighted by Gasteiger charge is -2.14. The number of benzene rings is 2. The van der Waals surface area contributed by atoms with Gasteiger partial charge in [-0.25, -0.2) is 13.1 Å². The fourth-order valence-corrected chi connectivity index (χ4v) is 4.94. The van der Waals surface area contributed by atoms with E-state index in [-0.39, 0.29) is 22.4 Å². The van der Waals surface area contributed by atoms with Crippen molar-refractivity contribution in [3.63, 3.8) is 0 Å². The van der Waals surface area contributed by atoms with Crippen LogP contribution in [0.5, 0.6) is 0 Å². The predicted octanol–water partition coefficient (Wildman–Crippen LogP) is 3.37. The van der Waals surface area contributed by atoms with Crippen molar-refractivity contribution in [2.75, 3.05) is 10.0 Å². The van der Waals surface area contributed by atoms with E-state index in [9.17, 15) is 18.0 Å². The molecule has 3 rings (SSSR count). The van der Waals surface area contributed by atoms with Crippen LogP contribution in [0, 0.1) is 6.92 Å². The van der Waals surface area contributed by atoms with Gasteiger partial charge in [-0.2, -0.15) is 0 Å². The first kappa shape index (κ1) is 22.4. The van der Waals surface area contributed by atoms with Crippen molar-refractivity contribution in [3.05, 3.63) is 70.1 Å². The summed E-state index contributed by atoms with van der Waals surface area (Å²) in [6, 6.07) is 13.6. The number of carbonyl (C=O) groups is 1. The molecule has 0 unspecified atom stereocenters. The van der Waals surface area contributed by atoms with Gasteiger partial charge in [-0.1, -0.05) is 38.1 Å². The lowest BCUT2D eigenvalue weighted by Crippen LogP contribution is -2.23. The van der Waals surface area contributed by atoms with Crippen LogP contribution in [0.4, 0.5) is 11.4 Å². The predicted molar refractivity (Wildman–Crippen MR) is 121 cm³/mol. The molecule has 0 spiro atoms. The average Bonchev–Trinajstić information content (AvgIpc) is 2.93. The van der Waals surface area contributed by atoms with E-state index in [1.54, 1.807) is 42.9 Å². The van der Waals surface area contributed by atoms with Crippen LogP contribution in [0.25, 0.3) is 5.69 Å². The Morgan fingerprint density at radius 3 is 2.29 bits per heavy atom. The van der Waals surface area contributed by atoms with Crippen LogP contribution in [0.3, 0.4) is 0 Å². The molecule has 31 heavy (non-hydrogen) atoms. The minimum atomic E-state index is -4.09. The van der Waals surface area contributed by atoms with E-state index in [4.69, 9.17) is 0 Å². The zero-order valence-electron chi connectivity index (χ0n) is 18.1. The summed E-state index contributed by atoms with van der Waals surface area (Å²) in [6.07, 6.45) is 0. The van der Waals surface area contributed by atoms with Gasteiger partial charge in [0.1, 0.15) is 5.69 Å². The van der Waals surface area contributed by atoms with Gasteiger partial charge in [0, 0.05) is 19.7 Å². The number of amides is 1. The summed E-state index contributed by atoms with van der Waals surface area (Å²) in [4.78, 5) is 24.6. The number of nitrogens with zero attached hydrogens (tertiary/aromatic N) is 2. The molecule has 0 aliphatic carbocycles. The van der Waals surface area contributed by atoms with Crippen molar-refractivity contribution in [2.45, 2.75) is 38.5 Å². The molecule has 2 N–H and O–H groups in total. The van der Waals surface area contributed by atoms with Gasteiger partial charge in [-0.3, -0.25) is 19.0 Å². The molecule has 0 atom stereocenters. The number of hydrogen-bond donors (Lipinski definition) is 2. The highest BCUT2D eigenvalue weighted by Gasteiger charge is 2.27. The van der Waals surface area contributed by atoms with E-state index in [0.29, 0.717) is 22.6 Å². The molecule has 8 nitrogen and oxygen atoms in total. The third-order valence-electron chi connectivity index (χ3n) is 4.89. The Kier molecular flexibility index (Phi) is 6.08. The summed E-state index contributed by atoms with van der Waals surface area (Å²) in [5, 5.41) is 2.58. The summed E-state index contributed by atoms with van der Waals surface area (Å²) in [5.74, 6) is -0.428. The normalized spacial score (nSPS) is 11.5. The van der Waals surface area contributed by atoms with Crippen LogP contribution in [0.1, 0.15) is 37.9 Å². The van der Waals surface area contributed by atoms with Crippen LogP contribution in [0.15, 0.2) is 58.2 Å². The van der Waals surface area contributed by atoms with Crippen molar-refractivity contribution in [1.29, 1.82) is 0 Å². The van der Waals surface area contributed by atoms with Crippen molar-refractivity contribution in [2.24, 2.45) is 7.05 Å². The first-order valence-electron chi connectivity index (χ1n) is 9.81. The molecule has 0 aliphatic heterocycles. The average molecular weight is 443 g/mol. The lowest BCUT2D eigenvalue weighted by molar-refractivity contribution is -0.114. The first-order chi connectivity index (χ1) is 14.5. The summed E-state index contributed by atoms with van der Waals surface area (Å²) in [7, 11) is -2.37. The Bertz CT molecular complexity index is 1290. The maximum atomic E-state index is 13.3. The largest absolute Gasteiger partial charge is 0.326 e. The standard InChI is InChI=1S/C22H26N4O4S/c1-14(2)21-20(22(28)26(25(21)5)18-9-7-6-8-10-18)24-31(29,30)19-13-17(23-16(4)27)12-11-15(19)3/h6-14,24H,1-5H3,(H,23,27). The van der Waals surface area contributed by atoms with E-state index < -0.39 is 15.6 Å². The Hall–Kier alpha value is -3.33. The molecule has 0 aliphatic rings. The third kappa shape index (κ3) is 4.41. The highest BCUT2D eigenvalue weighted by atomic mass is 32.2. The van der Waals surface area contributed by atoms with Crippen molar-refractivity contribution < 1.29 is 13.2 Å². The SMILES string of the molecule is CC(=O)Nc1ccc(C)c(S(=O)(=O)Nc2c(C(C)C)n(C)n(-c3ccccc3)c2=O)c1. The third-order valence-corrected chi connectivity index (χ3v) is 6.38. The molecule has 0 radical (unpaired) electrons. The van der Waals surface area contributed by atoms with Gasteiger partial charge >= 0.3 is 0 Å². The Balaban J connectivity index is 2.15. The van der Waals surface area contributed by atoms with E-state index in [1.807, 2.05) is 32.0 Å². The molecule has 1 amide bonds. The van der Waals surface area contributed by atoms with Gasteiger partial charge in [0.15, 0.2) is 0 Å². The lowest BCUT2D eigenvalue weighted by atomic mass is 10.1. The Morgan fingerprint density at radius 1 is 1.06 bits per heavy atom. The summed E-state index contributed by atoms with van der Waals surface area (Å²) >= 11 is 0. The first-order valence-corrected chi connectivity index (χ1v) is 11.3. The monoisotopic (exact) mass is 442 g/mol. The molecule has 0 saturated heterocycles. The number of carbonyl (C=O) groups excluding carboxylic acids is 1. The Morgan fingerprint density at radius 2 is 1.71 bits per heavy atom. The smallest absolute Gasteiger partial charge is 0.296 e. The van der Waals surface area contributed by atoms with Gasteiger partial charge in [0.05, 0.1) is 16.3 Å². The number of anilines is 2. The summed E-state index contributed by atoms with van der Waals surface area (Å²) in [5.41, 5.74) is 1.59. The summed E-state index contributed by atoms with van der Waals surface area (Å²) in [6.45, 7) is 6.79. The second kappa shape index (κ2) is 8.43. The number of aromatic nitrogens is 2. The van der Waals surface area contributed by atoms with Gasteiger partial charge in [0.25, 0.3) is 15.6 Å². The van der Waals surface area contributed by atoms with E-state index >= 15 is 0 Å². The van der Waals surface area contributed by atoms with Gasteiger partial charge in [-0.05, 0) is 42.7 Å². The van der Waals surface area contributed by atoms with Crippen molar-refractivity contribution in [3.8, 4) is 5.69 Å². The van der Waals surface area contributed by atoms with Crippen LogP contribution < -0.4 is 15.6 Å². The minimum Gasteiger partial charge on any atom is -0.326 e. The molecular formula is C22H26N4O4S. The molecule has 0 saturated carbocycles. The summed E-state index contributed by atoms with van der Waals surface area (Å²) < 4.78 is 32.1. The van der Waals surface area contributed by atoms with Crippen LogP contribution in [0.2, 0.25) is 0 Å². The highest BCUT2D eigenvalue weighted by molar-refractivity contribution is 7.92. The molecule has 3 aromatic rings. The van der Waals surface area contributed by atoms with E-state index in [0.717, 1.165) is 0 Å². The molecule has 164 valence electrons. The topological polar surface area (TPSA) is 102 Å². The van der Waals surface area contributed by atoms with E-state index in [2.05, 4.69) is 10.0 Å². The highest BCUT2D eigenvalue weighted by Crippen LogP contribution is 2.27. The fraction of sp³-hybridized carbons (Fsp3) is 0.273. The molecule has 1 heterocycles. The minimum absolute atomic E-state index is 0.00526. The number of nitrogens with one attached hydrogen (secondary N) is 2. The quantitative estimate of drug-likeness (QED) is 0.611. The van der Waals surface area contributed by atoms with Crippen LogP contribution in [-0.2, 0) is 21.9 Å². The zero-order chi connectivity index (χ0) is 22.9. The second-order valence-electron chi connectivity index (χ2n) is 7.66. The van der Waals surface area contributed by atoms with Crippen molar-refractivity contribution >= 4 is 27.3 Å². The zero-order valence-corrected chi connectivity index (χ0v) is 18.9. The molecule has 0 bridgehead atoms. The number of para-hydroxylation sites is 1. The fourth-order valence-electron chi connectivity index (χ4n) is 3.60. The van der Waals surface area contributed by atoms with Crippen molar-refractivity contribution in [1.82, 2.24) is 9.36 Å². The number of aryl methyl sites for hydroxylation is 1. The van der Waals surface area contributed by atoms with Gasteiger partial charge in [0.2, 0.25) is 5.91 Å². The van der Waals surface area contributed by atoms with Crippen LogP contribution in [-0.4, -0.2) is 23.7 Å².